The van der Waals surface area contributed by atoms with Gasteiger partial charge < -0.3 is 26.2 Å². The number of carbonyl (C=O) groups excluding carboxylic acids is 1. The first-order valence-corrected chi connectivity index (χ1v) is 11.0. The number of aliphatic imine (C=N–C) groups is 1. The van der Waals surface area contributed by atoms with Gasteiger partial charge in [0.05, 0.1) is 13.7 Å². The number of carboxylic acids is 1. The third-order valence-corrected chi connectivity index (χ3v) is 5.63. The van der Waals surface area contributed by atoms with Crippen molar-refractivity contribution in [3.63, 3.8) is 0 Å². The number of rotatable bonds is 8. The zero-order valence-corrected chi connectivity index (χ0v) is 18.8. The van der Waals surface area contributed by atoms with Crippen LogP contribution in [0.15, 0.2) is 47.5 Å². The van der Waals surface area contributed by atoms with Gasteiger partial charge in [-0.25, -0.2) is 4.99 Å². The summed E-state index contributed by atoms with van der Waals surface area (Å²) in [7, 11) is 1.62. The minimum absolute atomic E-state index is 0.0180. The first-order valence-electron chi connectivity index (χ1n) is 11.0. The molecule has 1 unspecified atom stereocenters. The van der Waals surface area contributed by atoms with Crippen molar-refractivity contribution in [3.8, 4) is 5.75 Å². The van der Waals surface area contributed by atoms with Crippen LogP contribution in [-0.4, -0.2) is 49.2 Å². The van der Waals surface area contributed by atoms with E-state index in [9.17, 15) is 9.59 Å². The Labute approximate surface area is 193 Å². The number of carbonyl (C=O) groups is 2. The maximum Gasteiger partial charge on any atom is 0.320 e. The van der Waals surface area contributed by atoms with Crippen molar-refractivity contribution in [2.45, 2.75) is 38.3 Å². The van der Waals surface area contributed by atoms with Gasteiger partial charge in [0.15, 0.2) is 5.96 Å². The third kappa shape index (κ3) is 6.69. The zero-order valence-electron chi connectivity index (χ0n) is 18.8. The number of anilines is 1. The molecule has 2 aromatic rings. The van der Waals surface area contributed by atoms with E-state index in [1.807, 2.05) is 18.2 Å². The van der Waals surface area contributed by atoms with Gasteiger partial charge in [0.1, 0.15) is 11.8 Å². The van der Waals surface area contributed by atoms with E-state index in [1.165, 1.54) is 6.42 Å². The highest BCUT2D eigenvalue weighted by atomic mass is 16.5. The highest BCUT2D eigenvalue weighted by Gasteiger charge is 2.16. The van der Waals surface area contributed by atoms with E-state index in [0.29, 0.717) is 12.1 Å². The number of aliphatic carboxylic acids is 1. The molecule has 0 saturated carbocycles. The van der Waals surface area contributed by atoms with Gasteiger partial charge >= 0.3 is 5.97 Å². The first-order chi connectivity index (χ1) is 15.9. The Morgan fingerprint density at radius 2 is 1.85 bits per heavy atom. The minimum atomic E-state index is -1.07. The van der Waals surface area contributed by atoms with Crippen molar-refractivity contribution in [1.29, 1.82) is 0 Å². The maximum atomic E-state index is 12.5. The lowest BCUT2D eigenvalue weighted by atomic mass is 10.0. The maximum absolute atomic E-state index is 12.5. The van der Waals surface area contributed by atoms with Crippen LogP contribution >= 0.6 is 0 Å². The Kier molecular flexibility index (Phi) is 8.26. The summed E-state index contributed by atoms with van der Waals surface area (Å²) in [4.78, 5) is 30.1. The van der Waals surface area contributed by atoms with Crippen molar-refractivity contribution < 1.29 is 19.4 Å². The monoisotopic (exact) mass is 453 g/mol. The molecule has 6 N–H and O–H groups in total. The van der Waals surface area contributed by atoms with Crippen molar-refractivity contribution in [3.05, 3.63) is 59.2 Å². The summed E-state index contributed by atoms with van der Waals surface area (Å²) in [6.07, 6.45) is 3.75. The molecule has 3 rings (SSSR count). The molecule has 0 radical (unpaired) electrons. The second kappa shape index (κ2) is 11.3. The van der Waals surface area contributed by atoms with Crippen molar-refractivity contribution >= 4 is 23.5 Å². The molecule has 1 aliphatic rings. The number of benzene rings is 2. The predicted octanol–water partition coefficient (Wildman–Crippen LogP) is 1.88. The van der Waals surface area contributed by atoms with Crippen LogP contribution in [0.3, 0.4) is 0 Å². The number of nitrogens with two attached hydrogens (primary N) is 2. The zero-order chi connectivity index (χ0) is 23.8. The van der Waals surface area contributed by atoms with E-state index in [-0.39, 0.29) is 12.4 Å². The lowest BCUT2D eigenvalue weighted by Crippen LogP contribution is -2.37. The summed E-state index contributed by atoms with van der Waals surface area (Å²) in [5.41, 5.74) is 14.7. The molecule has 1 saturated heterocycles. The number of carboxylic acid groups (broad SMARTS) is 1. The van der Waals surface area contributed by atoms with Gasteiger partial charge in [-0.3, -0.25) is 14.9 Å². The molecule has 33 heavy (non-hydrogen) atoms. The number of hydrogen-bond acceptors (Lipinski definition) is 6. The van der Waals surface area contributed by atoms with E-state index in [2.05, 4.69) is 15.2 Å². The Morgan fingerprint density at radius 1 is 1.15 bits per heavy atom. The van der Waals surface area contributed by atoms with Crippen LogP contribution in [0.5, 0.6) is 5.75 Å². The van der Waals surface area contributed by atoms with Gasteiger partial charge in [-0.15, -0.1) is 0 Å². The Balaban J connectivity index is 1.65. The van der Waals surface area contributed by atoms with Gasteiger partial charge in [-0.05, 0) is 61.6 Å². The SMILES string of the molecule is COc1ccc(N2CCCCC2)c(CN=C(N)NC(=O)c2ccc(CC(N)C(=O)O)cc2)c1. The number of ether oxygens (including phenoxy) is 1. The van der Waals surface area contributed by atoms with Gasteiger partial charge in [0.25, 0.3) is 5.91 Å². The van der Waals surface area contributed by atoms with Gasteiger partial charge in [-0.1, -0.05) is 12.1 Å². The molecule has 0 bridgehead atoms. The summed E-state index contributed by atoms with van der Waals surface area (Å²) in [6.45, 7) is 2.31. The topological polar surface area (TPSA) is 143 Å². The molecule has 176 valence electrons. The molecular formula is C24H31N5O4. The molecule has 0 aliphatic carbocycles. The fraction of sp³-hybridized carbons (Fsp3) is 0.375. The van der Waals surface area contributed by atoms with Crippen LogP contribution in [0, 0.1) is 0 Å². The van der Waals surface area contributed by atoms with Crippen LogP contribution < -0.4 is 26.4 Å². The van der Waals surface area contributed by atoms with E-state index in [1.54, 1.807) is 31.4 Å². The summed E-state index contributed by atoms with van der Waals surface area (Å²) in [5, 5.41) is 11.5. The molecule has 1 atom stereocenters. The fourth-order valence-corrected chi connectivity index (χ4v) is 3.79. The van der Waals surface area contributed by atoms with Crippen LogP contribution in [0.2, 0.25) is 0 Å². The van der Waals surface area contributed by atoms with E-state index in [4.69, 9.17) is 21.3 Å². The summed E-state index contributed by atoms with van der Waals surface area (Å²) < 4.78 is 5.36. The lowest BCUT2D eigenvalue weighted by molar-refractivity contribution is -0.138. The molecule has 1 fully saturated rings. The average molecular weight is 454 g/mol. The fourth-order valence-electron chi connectivity index (χ4n) is 3.79. The average Bonchev–Trinajstić information content (AvgIpc) is 2.83. The Bertz CT molecular complexity index is 1000. The Morgan fingerprint density at radius 3 is 2.48 bits per heavy atom. The largest absolute Gasteiger partial charge is 0.497 e. The second-order valence-electron chi connectivity index (χ2n) is 8.04. The number of nitrogens with zero attached hydrogens (tertiary/aromatic N) is 2. The Hall–Kier alpha value is -3.59. The number of hydrogen-bond donors (Lipinski definition) is 4. The predicted molar refractivity (Wildman–Crippen MR) is 128 cm³/mol. The molecule has 0 aromatic heterocycles. The quantitative estimate of drug-likeness (QED) is 0.353. The molecule has 9 nitrogen and oxygen atoms in total. The standard InChI is InChI=1S/C24H31N5O4/c1-33-19-9-10-21(29-11-3-2-4-12-29)18(14-19)15-27-24(26)28-22(30)17-7-5-16(6-8-17)13-20(25)23(31)32/h5-10,14,20H,2-4,11-13,15,25H2,1H3,(H,31,32)(H3,26,27,28,30). The summed E-state index contributed by atoms with van der Waals surface area (Å²) in [6, 6.07) is 11.5. The molecule has 0 spiro atoms. The third-order valence-electron chi connectivity index (χ3n) is 5.63. The highest BCUT2D eigenvalue weighted by Crippen LogP contribution is 2.28. The number of nitrogens with one attached hydrogen (secondary N) is 1. The van der Waals surface area contributed by atoms with Crippen molar-refractivity contribution in [2.75, 3.05) is 25.1 Å². The van der Waals surface area contributed by atoms with Crippen molar-refractivity contribution in [1.82, 2.24) is 5.32 Å². The molecule has 1 heterocycles. The second-order valence-corrected chi connectivity index (χ2v) is 8.04. The summed E-state index contributed by atoms with van der Waals surface area (Å²) >= 11 is 0. The minimum Gasteiger partial charge on any atom is -0.497 e. The van der Waals surface area contributed by atoms with Crippen LogP contribution in [0.25, 0.3) is 0 Å². The van der Waals surface area contributed by atoms with Gasteiger partial charge in [0, 0.05) is 29.9 Å². The normalized spacial score (nSPS) is 15.1. The number of guanidine groups is 1. The van der Waals surface area contributed by atoms with Crippen LogP contribution in [0.4, 0.5) is 5.69 Å². The summed E-state index contributed by atoms with van der Waals surface area (Å²) in [5.74, 6) is -0.705. The van der Waals surface area contributed by atoms with Gasteiger partial charge in [-0.2, -0.15) is 0 Å². The van der Waals surface area contributed by atoms with E-state index in [0.717, 1.165) is 48.5 Å². The molecular weight excluding hydrogens is 422 g/mol. The molecule has 9 heteroatoms. The molecule has 2 aromatic carbocycles. The van der Waals surface area contributed by atoms with E-state index >= 15 is 0 Å². The number of piperidine rings is 1. The molecule has 1 aliphatic heterocycles. The number of methoxy groups -OCH3 is 1. The van der Waals surface area contributed by atoms with Crippen LogP contribution in [-0.2, 0) is 17.8 Å². The van der Waals surface area contributed by atoms with Crippen molar-refractivity contribution in [2.24, 2.45) is 16.5 Å². The number of amides is 1. The van der Waals surface area contributed by atoms with Crippen LogP contribution in [0.1, 0.15) is 40.7 Å². The van der Waals surface area contributed by atoms with Gasteiger partial charge in [0.2, 0.25) is 0 Å². The van der Waals surface area contributed by atoms with E-state index < -0.39 is 17.9 Å². The highest BCUT2D eigenvalue weighted by molar-refractivity contribution is 6.05. The molecule has 1 amide bonds. The first kappa shape index (κ1) is 24.1. The smallest absolute Gasteiger partial charge is 0.320 e. The lowest BCUT2D eigenvalue weighted by Gasteiger charge is -2.30.